The molecule has 3 rings (SSSR count). The van der Waals surface area contributed by atoms with Crippen LogP contribution in [0, 0.1) is 0 Å². The van der Waals surface area contributed by atoms with Gasteiger partial charge in [0.2, 0.25) is 0 Å². The number of aromatic nitrogens is 1. The van der Waals surface area contributed by atoms with Crippen molar-refractivity contribution < 1.29 is 9.59 Å². The number of thiazole rings is 1. The molecule has 0 bridgehead atoms. The topological polar surface area (TPSA) is 83.1 Å². The summed E-state index contributed by atoms with van der Waals surface area (Å²) in [6.07, 6.45) is 0.692. The largest absolute Gasteiger partial charge is 0.350 e. The fraction of sp³-hybridized carbons (Fsp3) is 0.105. The number of urea groups is 1. The number of rotatable bonds is 6. The third-order valence-corrected chi connectivity index (χ3v) is 4.61. The summed E-state index contributed by atoms with van der Waals surface area (Å²) in [6.45, 7) is 0.481. The highest BCUT2D eigenvalue weighted by Gasteiger charge is 2.12. The van der Waals surface area contributed by atoms with E-state index in [9.17, 15) is 9.59 Å². The maximum absolute atomic E-state index is 12.2. The molecule has 138 valence electrons. The SMILES string of the molecule is O=C(Nc1ccccc1)Nc1nc(C(=O)NCCc2ccc(Cl)cc2)cs1. The van der Waals surface area contributed by atoms with Gasteiger partial charge in [0.15, 0.2) is 5.13 Å². The zero-order valence-electron chi connectivity index (χ0n) is 14.2. The van der Waals surface area contributed by atoms with E-state index in [4.69, 9.17) is 11.6 Å². The van der Waals surface area contributed by atoms with Crippen LogP contribution in [0.25, 0.3) is 0 Å². The van der Waals surface area contributed by atoms with Gasteiger partial charge >= 0.3 is 6.03 Å². The highest BCUT2D eigenvalue weighted by atomic mass is 35.5. The smallest absolute Gasteiger partial charge is 0.325 e. The molecule has 0 spiro atoms. The molecule has 0 aliphatic rings. The number of benzene rings is 2. The van der Waals surface area contributed by atoms with E-state index in [0.29, 0.717) is 28.8 Å². The molecule has 0 aliphatic carbocycles. The number of hydrogen-bond donors (Lipinski definition) is 3. The predicted molar refractivity (Wildman–Crippen MR) is 109 cm³/mol. The van der Waals surface area contributed by atoms with Gasteiger partial charge < -0.3 is 10.6 Å². The summed E-state index contributed by atoms with van der Waals surface area (Å²) in [5, 5.41) is 10.8. The predicted octanol–water partition coefficient (Wildman–Crippen LogP) is 4.41. The Hall–Kier alpha value is -2.90. The van der Waals surface area contributed by atoms with E-state index in [2.05, 4.69) is 20.9 Å². The molecule has 27 heavy (non-hydrogen) atoms. The summed E-state index contributed by atoms with van der Waals surface area (Å²) in [5.74, 6) is -0.281. The van der Waals surface area contributed by atoms with Gasteiger partial charge in [0.1, 0.15) is 5.69 Å². The Morgan fingerprint density at radius 3 is 2.48 bits per heavy atom. The summed E-state index contributed by atoms with van der Waals surface area (Å²) in [5.41, 5.74) is 2.02. The Bertz CT molecular complexity index is 913. The maximum Gasteiger partial charge on any atom is 0.325 e. The third-order valence-electron chi connectivity index (χ3n) is 3.60. The van der Waals surface area contributed by atoms with Crippen molar-refractivity contribution in [1.82, 2.24) is 10.3 Å². The Labute approximate surface area is 165 Å². The second kappa shape index (κ2) is 9.16. The van der Waals surface area contributed by atoms with Crippen molar-refractivity contribution in [3.8, 4) is 0 Å². The molecular weight excluding hydrogens is 384 g/mol. The lowest BCUT2D eigenvalue weighted by atomic mass is 10.1. The molecule has 0 saturated carbocycles. The molecule has 0 unspecified atom stereocenters. The van der Waals surface area contributed by atoms with Crippen molar-refractivity contribution in [3.05, 3.63) is 76.3 Å². The lowest BCUT2D eigenvalue weighted by molar-refractivity contribution is 0.0950. The lowest BCUT2D eigenvalue weighted by Gasteiger charge is -2.05. The van der Waals surface area contributed by atoms with E-state index < -0.39 is 6.03 Å². The normalized spacial score (nSPS) is 10.3. The number of nitrogens with zero attached hydrogens (tertiary/aromatic N) is 1. The first-order valence-corrected chi connectivity index (χ1v) is 9.47. The summed E-state index contributed by atoms with van der Waals surface area (Å²) in [4.78, 5) is 28.3. The molecule has 8 heteroatoms. The highest BCUT2D eigenvalue weighted by molar-refractivity contribution is 7.14. The number of hydrogen-bond acceptors (Lipinski definition) is 4. The number of amides is 3. The van der Waals surface area contributed by atoms with E-state index >= 15 is 0 Å². The fourth-order valence-corrected chi connectivity index (χ4v) is 3.09. The third kappa shape index (κ3) is 5.80. The lowest BCUT2D eigenvalue weighted by Crippen LogP contribution is -2.26. The number of halogens is 1. The minimum absolute atomic E-state index is 0.270. The van der Waals surface area contributed by atoms with Gasteiger partial charge in [-0.05, 0) is 36.2 Å². The maximum atomic E-state index is 12.2. The molecule has 0 fully saturated rings. The van der Waals surface area contributed by atoms with Crippen LogP contribution in [0.1, 0.15) is 16.1 Å². The molecular formula is C19H17ClN4O2S. The Morgan fingerprint density at radius 1 is 1.00 bits per heavy atom. The molecule has 0 atom stereocenters. The van der Waals surface area contributed by atoms with Crippen molar-refractivity contribution >= 4 is 45.7 Å². The van der Waals surface area contributed by atoms with Crippen molar-refractivity contribution in [2.45, 2.75) is 6.42 Å². The molecule has 6 nitrogen and oxygen atoms in total. The van der Waals surface area contributed by atoms with Gasteiger partial charge in [0.25, 0.3) is 5.91 Å². The molecule has 0 aliphatic heterocycles. The van der Waals surface area contributed by atoms with Crippen LogP contribution in [0.15, 0.2) is 60.0 Å². The van der Waals surface area contributed by atoms with Crippen LogP contribution < -0.4 is 16.0 Å². The van der Waals surface area contributed by atoms with Gasteiger partial charge in [-0.25, -0.2) is 9.78 Å². The average molecular weight is 401 g/mol. The van der Waals surface area contributed by atoms with Crippen LogP contribution >= 0.6 is 22.9 Å². The van der Waals surface area contributed by atoms with E-state index in [1.165, 1.54) is 11.3 Å². The Kier molecular flexibility index (Phi) is 6.40. The van der Waals surface area contributed by atoms with E-state index in [0.717, 1.165) is 5.56 Å². The van der Waals surface area contributed by atoms with Crippen molar-refractivity contribution in [3.63, 3.8) is 0 Å². The Morgan fingerprint density at radius 2 is 1.74 bits per heavy atom. The number of anilines is 2. The van der Waals surface area contributed by atoms with Gasteiger partial charge in [0, 0.05) is 22.6 Å². The zero-order chi connectivity index (χ0) is 19.1. The van der Waals surface area contributed by atoms with Gasteiger partial charge in [-0.3, -0.25) is 10.1 Å². The molecule has 2 aromatic carbocycles. The minimum atomic E-state index is -0.412. The number of carbonyl (C=O) groups is 2. The number of para-hydroxylation sites is 1. The Balaban J connectivity index is 1.47. The fourth-order valence-electron chi connectivity index (χ4n) is 2.28. The molecule has 3 aromatic rings. The second-order valence-corrected chi connectivity index (χ2v) is 6.91. The van der Waals surface area contributed by atoms with E-state index in [1.807, 2.05) is 42.5 Å². The van der Waals surface area contributed by atoms with Crippen LogP contribution in [-0.2, 0) is 6.42 Å². The van der Waals surface area contributed by atoms with Crippen molar-refractivity contribution in [2.75, 3.05) is 17.2 Å². The quantitative estimate of drug-likeness (QED) is 0.573. The van der Waals surface area contributed by atoms with Crippen LogP contribution in [0.3, 0.4) is 0 Å². The summed E-state index contributed by atoms with van der Waals surface area (Å²) in [7, 11) is 0. The summed E-state index contributed by atoms with van der Waals surface area (Å²) in [6, 6.07) is 16.1. The van der Waals surface area contributed by atoms with Crippen LogP contribution in [0.2, 0.25) is 5.02 Å². The first-order valence-electron chi connectivity index (χ1n) is 8.21. The van der Waals surface area contributed by atoms with Gasteiger partial charge in [-0.1, -0.05) is 41.9 Å². The molecule has 3 amide bonds. The van der Waals surface area contributed by atoms with Crippen molar-refractivity contribution in [1.29, 1.82) is 0 Å². The van der Waals surface area contributed by atoms with Crippen LogP contribution in [0.5, 0.6) is 0 Å². The zero-order valence-corrected chi connectivity index (χ0v) is 15.8. The summed E-state index contributed by atoms with van der Waals surface area (Å²) < 4.78 is 0. The number of nitrogens with one attached hydrogen (secondary N) is 3. The molecule has 0 radical (unpaired) electrons. The van der Waals surface area contributed by atoms with Crippen LogP contribution in [0.4, 0.5) is 15.6 Å². The molecule has 1 heterocycles. The molecule has 3 N–H and O–H groups in total. The van der Waals surface area contributed by atoms with E-state index in [1.54, 1.807) is 17.5 Å². The molecule has 0 saturated heterocycles. The van der Waals surface area contributed by atoms with Gasteiger partial charge in [-0.2, -0.15) is 0 Å². The van der Waals surface area contributed by atoms with Gasteiger partial charge in [-0.15, -0.1) is 11.3 Å². The average Bonchev–Trinajstić information content (AvgIpc) is 3.12. The highest BCUT2D eigenvalue weighted by Crippen LogP contribution is 2.16. The van der Waals surface area contributed by atoms with E-state index in [-0.39, 0.29) is 11.6 Å². The summed E-state index contributed by atoms with van der Waals surface area (Å²) >= 11 is 7.04. The van der Waals surface area contributed by atoms with Crippen molar-refractivity contribution in [2.24, 2.45) is 0 Å². The first-order chi connectivity index (χ1) is 13.1. The number of carbonyl (C=O) groups excluding carboxylic acids is 2. The van der Waals surface area contributed by atoms with Crippen LogP contribution in [-0.4, -0.2) is 23.5 Å². The standard InChI is InChI=1S/C19H17ClN4O2S/c20-14-8-6-13(7-9-14)10-11-21-17(25)16-12-27-19(23-16)24-18(26)22-15-4-2-1-3-5-15/h1-9,12H,10-11H2,(H,21,25)(H2,22,23,24,26). The van der Waals surface area contributed by atoms with Gasteiger partial charge in [0.05, 0.1) is 0 Å². The molecule has 1 aromatic heterocycles. The monoisotopic (exact) mass is 400 g/mol. The first kappa shape index (κ1) is 18.9. The minimum Gasteiger partial charge on any atom is -0.350 e. The second-order valence-electron chi connectivity index (χ2n) is 5.62.